The number of carbonyl (C=O) groups excluding carboxylic acids is 2. The van der Waals surface area contributed by atoms with Crippen LogP contribution in [0.1, 0.15) is 17.5 Å². The molecule has 4 heteroatoms. The molecule has 1 atom stereocenters. The molecule has 2 aromatic carbocycles. The number of carbonyl (C=O) groups is 2. The molecule has 3 rings (SSSR count). The molecule has 112 valence electrons. The Balaban J connectivity index is 1.84. The van der Waals surface area contributed by atoms with Gasteiger partial charge >= 0.3 is 0 Å². The molecule has 0 aliphatic carbocycles. The number of benzene rings is 2. The lowest BCUT2D eigenvalue weighted by Gasteiger charge is -2.17. The first kappa shape index (κ1) is 14.3. The van der Waals surface area contributed by atoms with E-state index in [9.17, 15) is 9.59 Å². The number of nitrogens with zero attached hydrogens (tertiary/aromatic N) is 1. The highest BCUT2D eigenvalue weighted by Crippen LogP contribution is 2.26. The first-order valence-corrected chi connectivity index (χ1v) is 7.32. The van der Waals surface area contributed by atoms with Crippen molar-refractivity contribution in [2.75, 3.05) is 10.2 Å². The van der Waals surface area contributed by atoms with Gasteiger partial charge in [0.1, 0.15) is 6.04 Å². The quantitative estimate of drug-likeness (QED) is 0.885. The van der Waals surface area contributed by atoms with Crippen LogP contribution in [0.5, 0.6) is 0 Å². The van der Waals surface area contributed by atoms with Crippen molar-refractivity contribution in [1.29, 1.82) is 0 Å². The molecule has 0 bridgehead atoms. The summed E-state index contributed by atoms with van der Waals surface area (Å²) in [6.07, 6.45) is 0.182. The van der Waals surface area contributed by atoms with Gasteiger partial charge in [0.25, 0.3) is 5.91 Å². The fourth-order valence-electron chi connectivity index (χ4n) is 2.69. The summed E-state index contributed by atoms with van der Waals surface area (Å²) in [5, 5.41) is 3.22. The van der Waals surface area contributed by atoms with Gasteiger partial charge in [0.2, 0.25) is 5.91 Å². The standard InChI is InChI=1S/C18H18N2O2/c1-12-7-6-10-15(13(12)2)19-16-11-17(21)20(18(16)22)14-8-4-3-5-9-14/h3-10,16,19H,11H2,1-2H3. The van der Waals surface area contributed by atoms with Crippen LogP contribution in [0.4, 0.5) is 11.4 Å². The van der Waals surface area contributed by atoms with Crippen molar-refractivity contribution >= 4 is 23.2 Å². The van der Waals surface area contributed by atoms with Gasteiger partial charge in [-0.25, -0.2) is 4.90 Å². The minimum absolute atomic E-state index is 0.168. The average molecular weight is 294 g/mol. The van der Waals surface area contributed by atoms with Crippen LogP contribution in [0.25, 0.3) is 0 Å². The molecule has 22 heavy (non-hydrogen) atoms. The Bertz CT molecular complexity index is 725. The number of anilines is 2. The molecule has 2 aromatic rings. The number of rotatable bonds is 3. The summed E-state index contributed by atoms with van der Waals surface area (Å²) in [5.74, 6) is -0.365. The molecule has 1 unspecified atom stereocenters. The molecule has 0 spiro atoms. The number of nitrogens with one attached hydrogen (secondary N) is 1. The van der Waals surface area contributed by atoms with Crippen molar-refractivity contribution in [2.45, 2.75) is 26.3 Å². The van der Waals surface area contributed by atoms with Crippen molar-refractivity contribution in [2.24, 2.45) is 0 Å². The Morgan fingerprint density at radius 1 is 1.00 bits per heavy atom. The Labute approximate surface area is 129 Å². The first-order chi connectivity index (χ1) is 10.6. The van der Waals surface area contributed by atoms with Gasteiger partial charge in [0.05, 0.1) is 12.1 Å². The zero-order valence-corrected chi connectivity index (χ0v) is 12.7. The van der Waals surface area contributed by atoms with Crippen LogP contribution < -0.4 is 10.2 Å². The van der Waals surface area contributed by atoms with E-state index in [0.29, 0.717) is 5.69 Å². The van der Waals surface area contributed by atoms with Crippen LogP contribution in [0.15, 0.2) is 48.5 Å². The van der Waals surface area contributed by atoms with E-state index >= 15 is 0 Å². The topological polar surface area (TPSA) is 49.4 Å². The summed E-state index contributed by atoms with van der Waals surface area (Å²) < 4.78 is 0. The summed E-state index contributed by atoms with van der Waals surface area (Å²) in [5.41, 5.74) is 3.78. The van der Waals surface area contributed by atoms with Gasteiger partial charge in [-0.1, -0.05) is 30.3 Å². The molecule has 1 heterocycles. The Hall–Kier alpha value is -2.62. The maximum Gasteiger partial charge on any atom is 0.256 e. The highest BCUT2D eigenvalue weighted by atomic mass is 16.2. The number of hydrogen-bond acceptors (Lipinski definition) is 3. The van der Waals surface area contributed by atoms with Gasteiger partial charge in [-0.2, -0.15) is 0 Å². The molecule has 2 amide bonds. The molecule has 4 nitrogen and oxygen atoms in total. The van der Waals surface area contributed by atoms with Crippen molar-refractivity contribution in [1.82, 2.24) is 0 Å². The Morgan fingerprint density at radius 3 is 2.45 bits per heavy atom. The van der Waals surface area contributed by atoms with Gasteiger partial charge in [-0.15, -0.1) is 0 Å². The fourth-order valence-corrected chi connectivity index (χ4v) is 2.69. The van der Waals surface area contributed by atoms with Crippen molar-refractivity contribution in [3.05, 3.63) is 59.7 Å². The molecule has 0 saturated carbocycles. The predicted octanol–water partition coefficient (Wildman–Crippen LogP) is 3.05. The smallest absolute Gasteiger partial charge is 0.256 e. The van der Waals surface area contributed by atoms with Gasteiger partial charge in [-0.05, 0) is 43.2 Å². The van der Waals surface area contributed by atoms with Crippen LogP contribution in [0.3, 0.4) is 0 Å². The summed E-state index contributed by atoms with van der Waals surface area (Å²) in [6.45, 7) is 4.03. The molecule has 1 aliphatic rings. The number of para-hydroxylation sites is 1. The lowest BCUT2D eigenvalue weighted by Crippen LogP contribution is -2.34. The lowest BCUT2D eigenvalue weighted by molar-refractivity contribution is -0.121. The van der Waals surface area contributed by atoms with E-state index in [1.807, 2.05) is 50.2 Å². The first-order valence-electron chi connectivity index (χ1n) is 7.32. The SMILES string of the molecule is Cc1cccc(NC2CC(=O)N(c3ccccc3)C2=O)c1C. The highest BCUT2D eigenvalue weighted by molar-refractivity contribution is 6.23. The van der Waals surface area contributed by atoms with Gasteiger partial charge < -0.3 is 5.32 Å². The fraction of sp³-hybridized carbons (Fsp3) is 0.222. The molecule has 1 N–H and O–H groups in total. The third-order valence-corrected chi connectivity index (χ3v) is 4.10. The van der Waals surface area contributed by atoms with E-state index in [-0.39, 0.29) is 18.2 Å². The van der Waals surface area contributed by atoms with Gasteiger partial charge in [-0.3, -0.25) is 9.59 Å². The summed E-state index contributed by atoms with van der Waals surface area (Å²) in [4.78, 5) is 26.0. The number of amides is 2. The summed E-state index contributed by atoms with van der Waals surface area (Å²) in [6, 6.07) is 14.5. The largest absolute Gasteiger partial charge is 0.373 e. The number of imide groups is 1. The van der Waals surface area contributed by atoms with Crippen molar-refractivity contribution in [3.8, 4) is 0 Å². The summed E-state index contributed by atoms with van der Waals surface area (Å²) in [7, 11) is 0. The van der Waals surface area contributed by atoms with Crippen molar-refractivity contribution in [3.63, 3.8) is 0 Å². The van der Waals surface area contributed by atoms with E-state index in [4.69, 9.17) is 0 Å². The van der Waals surface area contributed by atoms with Crippen LogP contribution in [-0.2, 0) is 9.59 Å². The van der Waals surface area contributed by atoms with Crippen LogP contribution in [-0.4, -0.2) is 17.9 Å². The van der Waals surface area contributed by atoms with E-state index in [1.54, 1.807) is 12.1 Å². The van der Waals surface area contributed by atoms with Crippen LogP contribution in [0.2, 0.25) is 0 Å². The lowest BCUT2D eigenvalue weighted by atomic mass is 10.1. The van der Waals surface area contributed by atoms with E-state index < -0.39 is 6.04 Å². The van der Waals surface area contributed by atoms with E-state index in [1.165, 1.54) is 4.90 Å². The third kappa shape index (κ3) is 2.48. The van der Waals surface area contributed by atoms with Crippen molar-refractivity contribution < 1.29 is 9.59 Å². The maximum absolute atomic E-state index is 12.6. The number of hydrogen-bond donors (Lipinski definition) is 1. The van der Waals surface area contributed by atoms with E-state index in [0.717, 1.165) is 16.8 Å². The second-order valence-electron chi connectivity index (χ2n) is 5.55. The molecule has 0 radical (unpaired) electrons. The highest BCUT2D eigenvalue weighted by Gasteiger charge is 2.39. The molecule has 1 saturated heterocycles. The Morgan fingerprint density at radius 2 is 1.73 bits per heavy atom. The van der Waals surface area contributed by atoms with E-state index in [2.05, 4.69) is 5.32 Å². The second-order valence-corrected chi connectivity index (χ2v) is 5.55. The predicted molar refractivity (Wildman–Crippen MR) is 86.9 cm³/mol. The second kappa shape index (κ2) is 5.64. The van der Waals surface area contributed by atoms with Gasteiger partial charge in [0, 0.05) is 5.69 Å². The summed E-state index contributed by atoms with van der Waals surface area (Å²) >= 11 is 0. The zero-order valence-electron chi connectivity index (χ0n) is 12.7. The molecule has 0 aromatic heterocycles. The molecular weight excluding hydrogens is 276 g/mol. The minimum atomic E-state index is -0.506. The molecule has 1 aliphatic heterocycles. The Kier molecular flexibility index (Phi) is 3.67. The average Bonchev–Trinajstić information content (AvgIpc) is 2.79. The number of aryl methyl sites for hydroxylation is 1. The molecular formula is C18H18N2O2. The maximum atomic E-state index is 12.6. The monoisotopic (exact) mass is 294 g/mol. The molecule has 1 fully saturated rings. The van der Waals surface area contributed by atoms with Crippen LogP contribution >= 0.6 is 0 Å². The normalized spacial score (nSPS) is 17.9. The van der Waals surface area contributed by atoms with Crippen LogP contribution in [0, 0.1) is 13.8 Å². The van der Waals surface area contributed by atoms with Gasteiger partial charge in [0.15, 0.2) is 0 Å². The minimum Gasteiger partial charge on any atom is -0.373 e. The third-order valence-electron chi connectivity index (χ3n) is 4.10. The zero-order chi connectivity index (χ0) is 15.7.